The molecule has 1 heterocycles. The smallest absolute Gasteiger partial charge is 0.295 e. The number of benzene rings is 1. The lowest BCUT2D eigenvalue weighted by Gasteiger charge is -2.23. The Morgan fingerprint density at radius 3 is 3.00 bits per heavy atom. The molecule has 1 aromatic carbocycles. The van der Waals surface area contributed by atoms with E-state index in [9.17, 15) is 0 Å². The Balaban J connectivity index is 1.91. The zero-order valence-corrected chi connectivity index (χ0v) is 11.8. The third-order valence-corrected chi connectivity index (χ3v) is 3.50. The van der Waals surface area contributed by atoms with Crippen molar-refractivity contribution in [2.45, 2.75) is 26.3 Å². The summed E-state index contributed by atoms with van der Waals surface area (Å²) in [4.78, 5) is 6.67. The van der Waals surface area contributed by atoms with Crippen LogP contribution >= 0.6 is 0 Å². The van der Waals surface area contributed by atoms with E-state index in [-0.39, 0.29) is 0 Å². The Kier molecular flexibility index (Phi) is 4.27. The molecule has 0 aliphatic carbocycles. The van der Waals surface area contributed by atoms with E-state index in [1.165, 1.54) is 0 Å². The molecule has 104 valence electrons. The predicted molar refractivity (Wildman–Crippen MR) is 79.3 cm³/mol. The largest absolute Gasteiger partial charge is 0.424 e. The van der Waals surface area contributed by atoms with Crippen molar-refractivity contribution in [3.8, 4) is 0 Å². The van der Waals surface area contributed by atoms with Gasteiger partial charge >= 0.3 is 0 Å². The van der Waals surface area contributed by atoms with Gasteiger partial charge in [-0.2, -0.15) is 4.98 Å². The predicted octanol–water partition coefficient (Wildman–Crippen LogP) is 2.55. The number of nitrogens with zero attached hydrogens (tertiary/aromatic N) is 2. The van der Waals surface area contributed by atoms with Gasteiger partial charge in [0.25, 0.3) is 6.01 Å². The van der Waals surface area contributed by atoms with Crippen molar-refractivity contribution in [2.24, 2.45) is 0 Å². The van der Waals surface area contributed by atoms with Gasteiger partial charge in [-0.1, -0.05) is 6.92 Å². The maximum atomic E-state index is 5.71. The third kappa shape index (κ3) is 3.38. The molecule has 0 aliphatic heterocycles. The molecule has 0 amide bonds. The van der Waals surface area contributed by atoms with Crippen LogP contribution in [0.25, 0.3) is 11.1 Å². The van der Waals surface area contributed by atoms with Gasteiger partial charge in [-0.05, 0) is 38.6 Å². The minimum absolute atomic E-state index is 0.554. The van der Waals surface area contributed by atoms with Crippen LogP contribution < -0.4 is 11.1 Å². The number of anilines is 2. The summed E-state index contributed by atoms with van der Waals surface area (Å²) in [7, 11) is 2.13. The van der Waals surface area contributed by atoms with Gasteiger partial charge in [-0.15, -0.1) is 0 Å². The Bertz CT molecular complexity index is 537. The standard InChI is InChI=1S/C14H22N4O/c1-4-10(2)18(3)8-7-16-14-17-12-9-11(15)5-6-13(12)19-14/h5-6,9-10H,4,7-8,15H2,1-3H3,(H,16,17). The van der Waals surface area contributed by atoms with Crippen LogP contribution in [0.4, 0.5) is 11.7 Å². The minimum atomic E-state index is 0.554. The average molecular weight is 262 g/mol. The first kappa shape index (κ1) is 13.7. The zero-order valence-electron chi connectivity index (χ0n) is 11.8. The second kappa shape index (κ2) is 5.93. The number of hydrogen-bond acceptors (Lipinski definition) is 5. The van der Waals surface area contributed by atoms with E-state index in [2.05, 4.69) is 36.1 Å². The zero-order chi connectivity index (χ0) is 13.8. The Hall–Kier alpha value is -1.75. The van der Waals surface area contributed by atoms with E-state index < -0.39 is 0 Å². The lowest BCUT2D eigenvalue weighted by atomic mass is 10.2. The molecule has 1 atom stereocenters. The van der Waals surface area contributed by atoms with Crippen molar-refractivity contribution in [2.75, 3.05) is 31.2 Å². The molecule has 1 unspecified atom stereocenters. The highest BCUT2D eigenvalue weighted by atomic mass is 16.4. The van der Waals surface area contributed by atoms with Crippen LogP contribution in [0.1, 0.15) is 20.3 Å². The summed E-state index contributed by atoms with van der Waals surface area (Å²) >= 11 is 0. The molecule has 1 aromatic heterocycles. The van der Waals surface area contributed by atoms with Crippen LogP contribution in [-0.4, -0.2) is 36.1 Å². The number of nitrogens with two attached hydrogens (primary N) is 1. The molecule has 2 aromatic rings. The lowest BCUT2D eigenvalue weighted by molar-refractivity contribution is 0.261. The molecule has 0 radical (unpaired) electrons. The molecule has 19 heavy (non-hydrogen) atoms. The minimum Gasteiger partial charge on any atom is -0.424 e. The summed E-state index contributed by atoms with van der Waals surface area (Å²) in [6, 6.07) is 6.61. The fourth-order valence-corrected chi connectivity index (χ4v) is 1.89. The van der Waals surface area contributed by atoms with E-state index in [0.717, 1.165) is 30.6 Å². The summed E-state index contributed by atoms with van der Waals surface area (Å²) < 4.78 is 5.60. The summed E-state index contributed by atoms with van der Waals surface area (Å²) in [6.45, 7) is 6.18. The van der Waals surface area contributed by atoms with E-state index in [1.807, 2.05) is 18.2 Å². The van der Waals surface area contributed by atoms with E-state index >= 15 is 0 Å². The highest BCUT2D eigenvalue weighted by Gasteiger charge is 2.08. The first-order chi connectivity index (χ1) is 9.10. The first-order valence-corrected chi connectivity index (χ1v) is 6.70. The second-order valence-corrected chi connectivity index (χ2v) is 4.91. The van der Waals surface area contributed by atoms with Crippen LogP contribution in [0, 0.1) is 0 Å². The van der Waals surface area contributed by atoms with Gasteiger partial charge in [0.1, 0.15) is 5.52 Å². The molecule has 2 rings (SSSR count). The van der Waals surface area contributed by atoms with Gasteiger partial charge in [0.15, 0.2) is 5.58 Å². The van der Waals surface area contributed by atoms with Crippen LogP contribution in [0.15, 0.2) is 22.6 Å². The fraction of sp³-hybridized carbons (Fsp3) is 0.500. The van der Waals surface area contributed by atoms with Gasteiger partial charge in [-0.3, -0.25) is 0 Å². The summed E-state index contributed by atoms with van der Waals surface area (Å²) in [5.74, 6) is 0. The first-order valence-electron chi connectivity index (χ1n) is 6.70. The molecule has 0 fully saturated rings. The quantitative estimate of drug-likeness (QED) is 0.783. The van der Waals surface area contributed by atoms with Gasteiger partial charge in [-0.25, -0.2) is 0 Å². The molecule has 0 aliphatic rings. The summed E-state index contributed by atoms with van der Waals surface area (Å²) in [5.41, 5.74) is 7.96. The Morgan fingerprint density at radius 1 is 1.47 bits per heavy atom. The fourth-order valence-electron chi connectivity index (χ4n) is 1.89. The average Bonchev–Trinajstić information content (AvgIpc) is 2.79. The van der Waals surface area contributed by atoms with Crippen molar-refractivity contribution in [1.29, 1.82) is 0 Å². The monoisotopic (exact) mass is 262 g/mol. The number of likely N-dealkylation sites (N-methyl/N-ethyl adjacent to an activating group) is 1. The maximum Gasteiger partial charge on any atom is 0.295 e. The van der Waals surface area contributed by atoms with E-state index in [4.69, 9.17) is 10.2 Å². The summed E-state index contributed by atoms with van der Waals surface area (Å²) in [6.07, 6.45) is 1.15. The summed E-state index contributed by atoms with van der Waals surface area (Å²) in [5, 5.41) is 3.20. The van der Waals surface area contributed by atoms with Crippen molar-refractivity contribution in [1.82, 2.24) is 9.88 Å². The van der Waals surface area contributed by atoms with Crippen molar-refractivity contribution < 1.29 is 4.42 Å². The van der Waals surface area contributed by atoms with Crippen molar-refractivity contribution >= 4 is 22.8 Å². The highest BCUT2D eigenvalue weighted by molar-refractivity contribution is 5.78. The number of aromatic nitrogens is 1. The van der Waals surface area contributed by atoms with Crippen LogP contribution in [0.3, 0.4) is 0 Å². The lowest BCUT2D eigenvalue weighted by Crippen LogP contribution is -2.32. The van der Waals surface area contributed by atoms with Gasteiger partial charge in [0.2, 0.25) is 0 Å². The number of hydrogen-bond donors (Lipinski definition) is 2. The van der Waals surface area contributed by atoms with Gasteiger partial charge in [0, 0.05) is 24.8 Å². The third-order valence-electron chi connectivity index (χ3n) is 3.50. The van der Waals surface area contributed by atoms with E-state index in [1.54, 1.807) is 0 Å². The SMILES string of the molecule is CCC(C)N(C)CCNc1nc2cc(N)ccc2o1. The van der Waals surface area contributed by atoms with Crippen molar-refractivity contribution in [3.05, 3.63) is 18.2 Å². The molecular formula is C14H22N4O. The van der Waals surface area contributed by atoms with Gasteiger partial charge in [0.05, 0.1) is 0 Å². The molecule has 0 saturated carbocycles. The number of nitrogens with one attached hydrogen (secondary N) is 1. The highest BCUT2D eigenvalue weighted by Crippen LogP contribution is 2.20. The molecule has 5 heteroatoms. The van der Waals surface area contributed by atoms with Crippen LogP contribution in [0.5, 0.6) is 0 Å². The number of fused-ring (bicyclic) bond motifs is 1. The molecule has 0 bridgehead atoms. The maximum absolute atomic E-state index is 5.71. The Morgan fingerprint density at radius 2 is 2.26 bits per heavy atom. The molecule has 5 nitrogen and oxygen atoms in total. The van der Waals surface area contributed by atoms with Crippen molar-refractivity contribution in [3.63, 3.8) is 0 Å². The molecule has 0 spiro atoms. The number of nitrogen functional groups attached to an aromatic ring is 1. The normalized spacial score (nSPS) is 13.1. The van der Waals surface area contributed by atoms with E-state index in [0.29, 0.717) is 17.7 Å². The second-order valence-electron chi connectivity index (χ2n) is 4.91. The molecular weight excluding hydrogens is 240 g/mol. The topological polar surface area (TPSA) is 67.3 Å². The molecule has 0 saturated heterocycles. The molecule has 3 N–H and O–H groups in total. The van der Waals surface area contributed by atoms with Crippen LogP contribution in [0.2, 0.25) is 0 Å². The Labute approximate surface area is 113 Å². The van der Waals surface area contributed by atoms with Gasteiger partial charge < -0.3 is 20.4 Å². The number of oxazole rings is 1. The van der Waals surface area contributed by atoms with Crippen LogP contribution in [-0.2, 0) is 0 Å². The number of rotatable bonds is 6.